The Balaban J connectivity index is 2.10. The first-order chi connectivity index (χ1) is 11.7. The van der Waals surface area contributed by atoms with Gasteiger partial charge in [0.25, 0.3) is 0 Å². The molecule has 2 aromatic heterocycles. The number of hydrogen-bond donors (Lipinski definition) is 1. The summed E-state index contributed by atoms with van der Waals surface area (Å²) in [7, 11) is 3.19. The van der Waals surface area contributed by atoms with E-state index in [-0.39, 0.29) is 0 Å². The second-order valence-corrected chi connectivity index (χ2v) is 5.71. The smallest absolute Gasteiger partial charge is 0.162 e. The maximum absolute atomic E-state index is 6.08. The van der Waals surface area contributed by atoms with Gasteiger partial charge in [-0.15, -0.1) is 0 Å². The molecule has 0 saturated carbocycles. The molecule has 6 nitrogen and oxygen atoms in total. The fraction of sp³-hybridized carbons (Fsp3) is 0.176. The summed E-state index contributed by atoms with van der Waals surface area (Å²) in [6, 6.07) is 9.02. The Bertz CT molecular complexity index is 886. The Morgan fingerprint density at radius 2 is 1.75 bits per heavy atom. The van der Waals surface area contributed by atoms with Crippen molar-refractivity contribution in [2.24, 2.45) is 0 Å². The van der Waals surface area contributed by atoms with E-state index in [4.69, 9.17) is 19.9 Å². The lowest BCUT2D eigenvalue weighted by Crippen LogP contribution is -1.98. The number of rotatable bonds is 5. The van der Waals surface area contributed by atoms with E-state index in [2.05, 4.69) is 32.6 Å². The van der Waals surface area contributed by atoms with Gasteiger partial charge in [-0.25, -0.2) is 4.98 Å². The van der Waals surface area contributed by atoms with Crippen LogP contribution >= 0.6 is 22.6 Å². The molecule has 0 amide bonds. The summed E-state index contributed by atoms with van der Waals surface area (Å²) in [4.78, 5) is 8.69. The number of alkyl halides is 1. The number of aromatic nitrogens is 2. The van der Waals surface area contributed by atoms with Gasteiger partial charge in [-0.2, -0.15) is 0 Å². The topological polar surface area (TPSA) is 79.5 Å². The van der Waals surface area contributed by atoms with Crippen LogP contribution in [-0.2, 0) is 4.43 Å². The molecule has 3 aromatic rings. The molecule has 0 aliphatic heterocycles. The average Bonchev–Trinajstić information content (AvgIpc) is 2.62. The van der Waals surface area contributed by atoms with E-state index in [1.165, 1.54) is 0 Å². The molecule has 0 fully saturated rings. The summed E-state index contributed by atoms with van der Waals surface area (Å²) in [6.07, 6.45) is 1.69. The molecule has 0 atom stereocenters. The highest BCUT2D eigenvalue weighted by molar-refractivity contribution is 14.1. The van der Waals surface area contributed by atoms with Gasteiger partial charge in [0.1, 0.15) is 17.3 Å². The van der Waals surface area contributed by atoms with Crippen LogP contribution < -0.4 is 19.9 Å². The van der Waals surface area contributed by atoms with E-state index in [1.807, 2.05) is 24.3 Å². The fourth-order valence-corrected chi connectivity index (χ4v) is 2.90. The van der Waals surface area contributed by atoms with Gasteiger partial charge in [-0.05, 0) is 24.3 Å². The second-order valence-electron chi connectivity index (χ2n) is 4.95. The highest BCUT2D eigenvalue weighted by atomic mass is 127. The molecule has 2 N–H and O–H groups in total. The Hall–Kier alpha value is -2.29. The van der Waals surface area contributed by atoms with Crippen LogP contribution in [-0.4, -0.2) is 24.2 Å². The van der Waals surface area contributed by atoms with Crippen molar-refractivity contribution in [2.75, 3.05) is 20.0 Å². The van der Waals surface area contributed by atoms with E-state index in [9.17, 15) is 0 Å². The van der Waals surface area contributed by atoms with Crippen molar-refractivity contribution in [1.29, 1.82) is 0 Å². The fourth-order valence-electron chi connectivity index (χ4n) is 2.35. The second kappa shape index (κ2) is 7.08. The zero-order valence-electron chi connectivity index (χ0n) is 13.2. The maximum atomic E-state index is 6.08. The molecule has 7 heteroatoms. The minimum absolute atomic E-state index is 0.472. The van der Waals surface area contributed by atoms with Gasteiger partial charge in [-0.3, -0.25) is 4.98 Å². The van der Waals surface area contributed by atoms with Gasteiger partial charge < -0.3 is 19.9 Å². The van der Waals surface area contributed by atoms with Crippen molar-refractivity contribution in [3.63, 3.8) is 0 Å². The summed E-state index contributed by atoms with van der Waals surface area (Å²) >= 11 is 2.23. The van der Waals surface area contributed by atoms with Crippen LogP contribution in [0, 0.1) is 0 Å². The SMILES string of the molecule is COc1cc2nccc(Oc3ccc(N)nc3CI)c2cc1OC. The molecular formula is C17H16IN3O3. The predicted molar refractivity (Wildman–Crippen MR) is 101 cm³/mol. The number of pyridine rings is 2. The molecule has 0 radical (unpaired) electrons. The highest BCUT2D eigenvalue weighted by Gasteiger charge is 2.13. The number of halogens is 1. The van der Waals surface area contributed by atoms with Crippen molar-refractivity contribution >= 4 is 39.3 Å². The lowest BCUT2D eigenvalue weighted by Gasteiger charge is -2.13. The third-order valence-corrected chi connectivity index (χ3v) is 4.23. The number of methoxy groups -OCH3 is 2. The van der Waals surface area contributed by atoms with Crippen LogP contribution in [0.3, 0.4) is 0 Å². The van der Waals surface area contributed by atoms with Crippen LogP contribution in [0.15, 0.2) is 36.5 Å². The first-order valence-electron chi connectivity index (χ1n) is 7.16. The molecule has 0 aliphatic rings. The van der Waals surface area contributed by atoms with Crippen LogP contribution in [0.1, 0.15) is 5.69 Å². The van der Waals surface area contributed by atoms with Crippen molar-refractivity contribution in [2.45, 2.75) is 4.43 Å². The normalized spacial score (nSPS) is 10.6. The van der Waals surface area contributed by atoms with Gasteiger partial charge in [0.15, 0.2) is 11.5 Å². The van der Waals surface area contributed by atoms with E-state index in [1.54, 1.807) is 26.5 Å². The zero-order valence-corrected chi connectivity index (χ0v) is 15.4. The van der Waals surface area contributed by atoms with Crippen molar-refractivity contribution < 1.29 is 14.2 Å². The van der Waals surface area contributed by atoms with E-state index < -0.39 is 0 Å². The number of fused-ring (bicyclic) bond motifs is 1. The summed E-state index contributed by atoms with van der Waals surface area (Å²) in [6.45, 7) is 0. The van der Waals surface area contributed by atoms with Gasteiger partial charge in [0.2, 0.25) is 0 Å². The van der Waals surface area contributed by atoms with Crippen molar-refractivity contribution in [3.05, 3.63) is 42.2 Å². The monoisotopic (exact) mass is 437 g/mol. The maximum Gasteiger partial charge on any atom is 0.162 e. The standard InChI is InChI=1S/C17H16IN3O3/c1-22-15-7-10-11(8-16(15)23-2)20-6-5-13(10)24-14-3-4-17(19)21-12(14)9-18/h3-8H,9H2,1-2H3,(H2,19,21). The molecule has 0 saturated heterocycles. The van der Waals surface area contributed by atoms with E-state index in [0.29, 0.717) is 33.2 Å². The van der Waals surface area contributed by atoms with Gasteiger partial charge >= 0.3 is 0 Å². The minimum Gasteiger partial charge on any atom is -0.493 e. The molecular weight excluding hydrogens is 421 g/mol. The van der Waals surface area contributed by atoms with Gasteiger partial charge in [0, 0.05) is 22.1 Å². The summed E-state index contributed by atoms with van der Waals surface area (Å²) in [5.41, 5.74) is 7.29. The Morgan fingerprint density at radius 1 is 1.00 bits per heavy atom. The minimum atomic E-state index is 0.472. The average molecular weight is 437 g/mol. The molecule has 124 valence electrons. The largest absolute Gasteiger partial charge is 0.493 e. The third kappa shape index (κ3) is 3.16. The predicted octanol–water partition coefficient (Wildman–Crippen LogP) is 3.96. The first-order valence-corrected chi connectivity index (χ1v) is 8.68. The van der Waals surface area contributed by atoms with Crippen LogP contribution in [0.5, 0.6) is 23.0 Å². The Labute approximate surface area is 153 Å². The van der Waals surface area contributed by atoms with Gasteiger partial charge in [-0.1, -0.05) is 22.6 Å². The Morgan fingerprint density at radius 3 is 2.46 bits per heavy atom. The van der Waals surface area contributed by atoms with Gasteiger partial charge in [0.05, 0.1) is 25.4 Å². The summed E-state index contributed by atoms with van der Waals surface area (Å²) in [5, 5.41) is 0.825. The van der Waals surface area contributed by atoms with E-state index in [0.717, 1.165) is 16.6 Å². The highest BCUT2D eigenvalue weighted by Crippen LogP contribution is 2.37. The number of anilines is 1. The number of ether oxygens (including phenoxy) is 3. The van der Waals surface area contributed by atoms with Crippen molar-refractivity contribution in [3.8, 4) is 23.0 Å². The summed E-state index contributed by atoms with van der Waals surface area (Å²) < 4.78 is 17.5. The summed E-state index contributed by atoms with van der Waals surface area (Å²) in [5.74, 6) is 3.05. The molecule has 0 aliphatic carbocycles. The lowest BCUT2D eigenvalue weighted by molar-refractivity contribution is 0.355. The first kappa shape index (κ1) is 16.6. The molecule has 0 unspecified atom stereocenters. The number of nitrogens with zero attached hydrogens (tertiary/aromatic N) is 2. The van der Waals surface area contributed by atoms with Crippen LogP contribution in [0.25, 0.3) is 10.9 Å². The molecule has 1 aromatic carbocycles. The molecule has 2 heterocycles. The van der Waals surface area contributed by atoms with Crippen LogP contribution in [0.4, 0.5) is 5.82 Å². The molecule has 0 bridgehead atoms. The number of benzene rings is 1. The van der Waals surface area contributed by atoms with Crippen molar-refractivity contribution in [1.82, 2.24) is 9.97 Å². The van der Waals surface area contributed by atoms with Crippen LogP contribution in [0.2, 0.25) is 0 Å². The molecule has 3 rings (SSSR count). The molecule has 24 heavy (non-hydrogen) atoms. The zero-order chi connectivity index (χ0) is 17.1. The lowest BCUT2D eigenvalue weighted by atomic mass is 10.2. The third-order valence-electron chi connectivity index (χ3n) is 3.51. The Kier molecular flexibility index (Phi) is 4.89. The number of nitrogen functional groups attached to an aromatic ring is 1. The number of nitrogens with two attached hydrogens (primary N) is 1. The van der Waals surface area contributed by atoms with E-state index >= 15 is 0 Å². The molecule has 0 spiro atoms. The number of hydrogen-bond acceptors (Lipinski definition) is 6. The quantitative estimate of drug-likeness (QED) is 0.481.